The van der Waals surface area contributed by atoms with Crippen LogP contribution in [0, 0.1) is 5.92 Å². The van der Waals surface area contributed by atoms with Crippen LogP contribution in [0.4, 0.5) is 13.2 Å². The van der Waals surface area contributed by atoms with E-state index < -0.39 is 13.0 Å². The standard InChI is InChI=1S/C13H22F3NO2.C2H6/c1-3-11(18-4-5-19-13(14,15)16)12-7-9(2)6-10(8-12)17-12;1-2/h9-11,17H,3-8H2,1-2H3;1-2H3. The monoisotopic (exact) mass is 311 g/mol. The highest BCUT2D eigenvalue weighted by molar-refractivity contribution is 5.12. The summed E-state index contributed by atoms with van der Waals surface area (Å²) in [5.41, 5.74) is -0.0185. The topological polar surface area (TPSA) is 30.5 Å². The first-order chi connectivity index (χ1) is 9.85. The van der Waals surface area contributed by atoms with Crippen LogP contribution >= 0.6 is 0 Å². The highest BCUT2D eigenvalue weighted by atomic mass is 19.4. The fourth-order valence-corrected chi connectivity index (χ4v) is 3.67. The van der Waals surface area contributed by atoms with Gasteiger partial charge in [0.05, 0.1) is 19.3 Å². The van der Waals surface area contributed by atoms with Crippen LogP contribution < -0.4 is 5.32 Å². The highest BCUT2D eigenvalue weighted by Gasteiger charge is 2.53. The average molecular weight is 311 g/mol. The van der Waals surface area contributed by atoms with Gasteiger partial charge in [0.1, 0.15) is 0 Å². The summed E-state index contributed by atoms with van der Waals surface area (Å²) in [5.74, 6) is 0.657. The molecular weight excluding hydrogens is 283 g/mol. The van der Waals surface area contributed by atoms with Crippen molar-refractivity contribution in [2.45, 2.75) is 77.4 Å². The van der Waals surface area contributed by atoms with Crippen molar-refractivity contribution in [1.82, 2.24) is 5.32 Å². The van der Waals surface area contributed by atoms with Gasteiger partial charge in [-0.1, -0.05) is 27.7 Å². The van der Waals surface area contributed by atoms with Crippen molar-refractivity contribution in [3.8, 4) is 0 Å². The van der Waals surface area contributed by atoms with E-state index >= 15 is 0 Å². The van der Waals surface area contributed by atoms with Crippen LogP contribution in [0.5, 0.6) is 0 Å². The number of rotatable bonds is 6. The second kappa shape index (κ2) is 7.79. The lowest BCUT2D eigenvalue weighted by atomic mass is 9.63. The predicted octanol–water partition coefficient (Wildman–Crippen LogP) is 3.87. The van der Waals surface area contributed by atoms with Crippen LogP contribution in [0.3, 0.4) is 0 Å². The summed E-state index contributed by atoms with van der Waals surface area (Å²) in [7, 11) is 0. The lowest BCUT2D eigenvalue weighted by molar-refractivity contribution is -0.328. The van der Waals surface area contributed by atoms with Gasteiger partial charge in [-0.15, -0.1) is 13.2 Å². The van der Waals surface area contributed by atoms with E-state index in [1.165, 1.54) is 6.42 Å². The first kappa shape index (κ1) is 18.7. The first-order valence-corrected chi connectivity index (χ1v) is 7.94. The van der Waals surface area contributed by atoms with Crippen molar-refractivity contribution in [3.63, 3.8) is 0 Å². The lowest BCUT2D eigenvalue weighted by Crippen LogP contribution is -2.73. The van der Waals surface area contributed by atoms with E-state index in [4.69, 9.17) is 4.74 Å². The van der Waals surface area contributed by atoms with Crippen LogP contribution in [0.15, 0.2) is 0 Å². The second-order valence-corrected chi connectivity index (χ2v) is 5.81. The van der Waals surface area contributed by atoms with Gasteiger partial charge in [-0.2, -0.15) is 0 Å². The maximum Gasteiger partial charge on any atom is 0.522 e. The molecule has 2 saturated heterocycles. The van der Waals surface area contributed by atoms with Crippen LogP contribution in [0.2, 0.25) is 0 Å². The van der Waals surface area contributed by atoms with Gasteiger partial charge in [0.15, 0.2) is 0 Å². The summed E-state index contributed by atoms with van der Waals surface area (Å²) in [4.78, 5) is 0. The molecule has 0 aromatic heterocycles. The molecule has 1 N–H and O–H groups in total. The molecule has 6 heteroatoms. The highest BCUT2D eigenvalue weighted by Crippen LogP contribution is 2.44. The molecule has 2 aliphatic heterocycles. The van der Waals surface area contributed by atoms with E-state index in [2.05, 4.69) is 17.0 Å². The van der Waals surface area contributed by atoms with Gasteiger partial charge < -0.3 is 10.1 Å². The van der Waals surface area contributed by atoms with Crippen molar-refractivity contribution in [2.24, 2.45) is 5.92 Å². The van der Waals surface area contributed by atoms with Gasteiger partial charge in [0.25, 0.3) is 0 Å². The molecule has 126 valence electrons. The molecule has 0 radical (unpaired) electrons. The second-order valence-electron chi connectivity index (χ2n) is 5.81. The van der Waals surface area contributed by atoms with Crippen LogP contribution in [0.1, 0.15) is 53.4 Å². The van der Waals surface area contributed by atoms with Crippen LogP contribution in [0.25, 0.3) is 0 Å². The molecule has 0 aromatic carbocycles. The lowest BCUT2D eigenvalue weighted by Gasteiger charge is -2.59. The largest absolute Gasteiger partial charge is 0.522 e. The number of hydrogen-bond donors (Lipinski definition) is 1. The normalized spacial score (nSPS) is 32.7. The molecule has 1 aliphatic carbocycles. The summed E-state index contributed by atoms with van der Waals surface area (Å²) < 4.78 is 44.9. The number of alkyl halides is 3. The molecule has 4 unspecified atom stereocenters. The molecule has 21 heavy (non-hydrogen) atoms. The van der Waals surface area contributed by atoms with E-state index in [1.807, 2.05) is 20.8 Å². The van der Waals surface area contributed by atoms with Crippen LogP contribution in [-0.4, -0.2) is 37.3 Å². The Bertz CT molecular complexity index is 304. The smallest absolute Gasteiger partial charge is 0.374 e. The van der Waals surface area contributed by atoms with Gasteiger partial charge in [0, 0.05) is 11.6 Å². The van der Waals surface area contributed by atoms with Crippen molar-refractivity contribution in [2.75, 3.05) is 13.2 Å². The Hall–Kier alpha value is -0.330. The predicted molar refractivity (Wildman–Crippen MR) is 76.1 cm³/mol. The third-order valence-corrected chi connectivity index (χ3v) is 4.16. The summed E-state index contributed by atoms with van der Waals surface area (Å²) in [5, 5.41) is 3.54. The molecule has 3 aliphatic rings. The maximum absolute atomic E-state index is 11.9. The van der Waals surface area contributed by atoms with E-state index in [9.17, 15) is 13.2 Å². The van der Waals surface area contributed by atoms with E-state index in [0.717, 1.165) is 19.3 Å². The minimum atomic E-state index is -4.57. The Labute approximate surface area is 125 Å². The van der Waals surface area contributed by atoms with Gasteiger partial charge in [-0.25, -0.2) is 0 Å². The van der Waals surface area contributed by atoms with E-state index in [1.54, 1.807) is 0 Å². The summed E-state index contributed by atoms with van der Waals surface area (Å²) in [6, 6.07) is 0.563. The Morgan fingerprint density at radius 3 is 2.33 bits per heavy atom. The van der Waals surface area contributed by atoms with Crippen molar-refractivity contribution >= 4 is 0 Å². The summed E-state index contributed by atoms with van der Waals surface area (Å²) in [6.07, 6.45) is -0.475. The molecule has 0 spiro atoms. The zero-order valence-corrected chi connectivity index (χ0v) is 13.4. The zero-order chi connectivity index (χ0) is 16.1. The van der Waals surface area contributed by atoms with Crippen molar-refractivity contribution in [3.05, 3.63) is 0 Å². The maximum atomic E-state index is 11.9. The van der Waals surface area contributed by atoms with E-state index in [0.29, 0.717) is 12.0 Å². The van der Waals surface area contributed by atoms with Gasteiger partial charge in [-0.3, -0.25) is 4.74 Å². The minimum absolute atomic E-state index is 0.0134. The minimum Gasteiger partial charge on any atom is -0.374 e. The van der Waals surface area contributed by atoms with Gasteiger partial charge >= 0.3 is 6.36 Å². The molecule has 3 fully saturated rings. The molecule has 2 bridgehead atoms. The van der Waals surface area contributed by atoms with Gasteiger partial charge in [-0.05, 0) is 31.6 Å². The molecule has 3 nitrogen and oxygen atoms in total. The number of hydrogen-bond acceptors (Lipinski definition) is 3. The van der Waals surface area contributed by atoms with Crippen LogP contribution in [-0.2, 0) is 9.47 Å². The third kappa shape index (κ3) is 5.11. The number of piperidine rings is 1. The molecule has 0 amide bonds. The van der Waals surface area contributed by atoms with Gasteiger partial charge in [0.2, 0.25) is 0 Å². The Kier molecular flexibility index (Phi) is 6.94. The van der Waals surface area contributed by atoms with Crippen molar-refractivity contribution < 1.29 is 22.6 Å². The Balaban J connectivity index is 0.00000106. The Morgan fingerprint density at radius 1 is 1.24 bits per heavy atom. The zero-order valence-electron chi connectivity index (χ0n) is 13.4. The first-order valence-electron chi connectivity index (χ1n) is 7.94. The van der Waals surface area contributed by atoms with E-state index in [-0.39, 0.29) is 18.2 Å². The quantitative estimate of drug-likeness (QED) is 0.755. The molecule has 4 atom stereocenters. The third-order valence-electron chi connectivity index (χ3n) is 4.16. The Morgan fingerprint density at radius 2 is 1.86 bits per heavy atom. The number of halogens is 3. The molecule has 2 heterocycles. The van der Waals surface area contributed by atoms with Crippen molar-refractivity contribution in [1.29, 1.82) is 0 Å². The molecule has 0 aromatic rings. The number of fused-ring (bicyclic) bond motifs is 2. The molecular formula is C15H28F3NO2. The summed E-state index contributed by atoms with van der Waals surface area (Å²) in [6.45, 7) is 7.79. The average Bonchev–Trinajstić information content (AvgIpc) is 2.38. The molecule has 1 saturated carbocycles. The number of nitrogens with one attached hydrogen (secondary N) is 1. The number of ether oxygens (including phenoxy) is 2. The SMILES string of the molecule is CC.CCC(OCCOC(F)(F)F)C12CC(C)CC(C1)N2. The fraction of sp³-hybridized carbons (Fsp3) is 1.00. The summed E-state index contributed by atoms with van der Waals surface area (Å²) >= 11 is 0. The fourth-order valence-electron chi connectivity index (χ4n) is 3.67. The molecule has 3 rings (SSSR count).